The fourth-order valence-electron chi connectivity index (χ4n) is 2.06. The number of rotatable bonds is 7. The van der Waals surface area contributed by atoms with Crippen molar-refractivity contribution in [2.24, 2.45) is 11.1 Å². The number of carbonyl (C=O) groups is 1. The Morgan fingerprint density at radius 1 is 1.30 bits per heavy atom. The van der Waals surface area contributed by atoms with Crippen LogP contribution in [0.2, 0.25) is 0 Å². The van der Waals surface area contributed by atoms with E-state index in [9.17, 15) is 13.2 Å². The van der Waals surface area contributed by atoms with Crippen LogP contribution in [0.15, 0.2) is 29.2 Å². The topological polar surface area (TPSA) is 109 Å². The first-order chi connectivity index (χ1) is 9.38. The molecule has 1 saturated carbocycles. The maximum atomic E-state index is 12.1. The molecule has 0 bridgehead atoms. The van der Waals surface area contributed by atoms with E-state index in [1.807, 2.05) is 0 Å². The van der Waals surface area contributed by atoms with Gasteiger partial charge in [0.1, 0.15) is 0 Å². The van der Waals surface area contributed by atoms with Gasteiger partial charge in [-0.2, -0.15) is 0 Å². The summed E-state index contributed by atoms with van der Waals surface area (Å²) >= 11 is 0. The van der Waals surface area contributed by atoms with Crippen LogP contribution in [0.25, 0.3) is 0 Å². The predicted molar refractivity (Wildman–Crippen MR) is 73.5 cm³/mol. The zero-order chi connectivity index (χ0) is 14.8. The van der Waals surface area contributed by atoms with Crippen LogP contribution in [-0.4, -0.2) is 32.6 Å². The summed E-state index contributed by atoms with van der Waals surface area (Å²) in [7, 11) is -3.60. The minimum atomic E-state index is -3.60. The molecule has 1 aromatic carbocycles. The first-order valence-electron chi connectivity index (χ1n) is 6.39. The molecule has 1 amide bonds. The molecule has 110 valence electrons. The molecule has 6 nitrogen and oxygen atoms in total. The number of carbonyl (C=O) groups excluding carboxylic acids is 1. The second-order valence-corrected chi connectivity index (χ2v) is 6.95. The van der Waals surface area contributed by atoms with Crippen LogP contribution in [0.4, 0.5) is 0 Å². The van der Waals surface area contributed by atoms with Gasteiger partial charge in [0.15, 0.2) is 0 Å². The fraction of sp³-hybridized carbons (Fsp3) is 0.462. The van der Waals surface area contributed by atoms with Crippen molar-refractivity contribution in [2.45, 2.75) is 24.2 Å². The first-order valence-corrected chi connectivity index (χ1v) is 7.87. The van der Waals surface area contributed by atoms with Gasteiger partial charge in [-0.25, -0.2) is 13.1 Å². The molecule has 0 atom stereocenters. The average Bonchev–Trinajstić information content (AvgIpc) is 3.18. The van der Waals surface area contributed by atoms with E-state index in [0.717, 1.165) is 12.8 Å². The minimum Gasteiger partial charge on any atom is -0.396 e. The summed E-state index contributed by atoms with van der Waals surface area (Å²) in [6.45, 7) is 0.391. The monoisotopic (exact) mass is 298 g/mol. The number of nitrogens with two attached hydrogens (primary N) is 1. The van der Waals surface area contributed by atoms with Gasteiger partial charge in [-0.3, -0.25) is 4.79 Å². The van der Waals surface area contributed by atoms with Crippen molar-refractivity contribution in [3.8, 4) is 0 Å². The summed E-state index contributed by atoms with van der Waals surface area (Å²) in [5.41, 5.74) is 5.28. The number of primary amides is 1. The zero-order valence-corrected chi connectivity index (χ0v) is 11.8. The molecule has 0 heterocycles. The normalized spacial score (nSPS) is 16.9. The van der Waals surface area contributed by atoms with E-state index in [2.05, 4.69) is 4.72 Å². The number of aliphatic hydroxyl groups is 1. The SMILES string of the molecule is NC(=O)c1ccc(S(=O)(=O)NCC2(CCO)CC2)cc1. The van der Waals surface area contributed by atoms with Gasteiger partial charge in [0.25, 0.3) is 0 Å². The van der Waals surface area contributed by atoms with Crippen LogP contribution in [0, 0.1) is 5.41 Å². The minimum absolute atomic E-state index is 0.0645. The van der Waals surface area contributed by atoms with Gasteiger partial charge >= 0.3 is 0 Å². The molecule has 1 aliphatic carbocycles. The standard InChI is InChI=1S/C13H18N2O4S/c14-12(17)10-1-3-11(4-2-10)20(18,19)15-9-13(5-6-13)7-8-16/h1-4,15-16H,5-9H2,(H2,14,17). The molecule has 7 heteroatoms. The lowest BCUT2D eigenvalue weighted by Crippen LogP contribution is -2.30. The van der Waals surface area contributed by atoms with Crippen molar-refractivity contribution in [1.29, 1.82) is 0 Å². The third-order valence-electron chi connectivity index (χ3n) is 3.69. The van der Waals surface area contributed by atoms with Gasteiger partial charge in [0.2, 0.25) is 15.9 Å². The molecular weight excluding hydrogens is 280 g/mol. The Morgan fingerprint density at radius 3 is 2.35 bits per heavy atom. The molecule has 4 N–H and O–H groups in total. The Labute approximate surface area is 118 Å². The van der Waals surface area contributed by atoms with Crippen LogP contribution in [-0.2, 0) is 10.0 Å². The third kappa shape index (κ3) is 3.36. The molecule has 2 rings (SSSR count). The summed E-state index contributed by atoms with van der Waals surface area (Å²) in [5.74, 6) is -0.596. The van der Waals surface area contributed by atoms with E-state index in [0.29, 0.717) is 13.0 Å². The first kappa shape index (κ1) is 15.0. The number of nitrogens with one attached hydrogen (secondary N) is 1. The van der Waals surface area contributed by atoms with E-state index in [4.69, 9.17) is 10.8 Å². The van der Waals surface area contributed by atoms with Gasteiger partial charge in [-0.1, -0.05) is 0 Å². The van der Waals surface area contributed by atoms with Crippen molar-refractivity contribution < 1.29 is 18.3 Å². The maximum absolute atomic E-state index is 12.1. The molecule has 0 saturated heterocycles. The van der Waals surface area contributed by atoms with Crippen molar-refractivity contribution in [1.82, 2.24) is 4.72 Å². The van der Waals surface area contributed by atoms with Crippen LogP contribution < -0.4 is 10.5 Å². The van der Waals surface area contributed by atoms with E-state index >= 15 is 0 Å². The average molecular weight is 298 g/mol. The Morgan fingerprint density at radius 2 is 1.90 bits per heavy atom. The molecule has 0 aliphatic heterocycles. The lowest BCUT2D eigenvalue weighted by Gasteiger charge is -2.14. The Bertz CT molecular complexity index is 591. The molecule has 0 spiro atoms. The van der Waals surface area contributed by atoms with Crippen LogP contribution >= 0.6 is 0 Å². The summed E-state index contributed by atoms with van der Waals surface area (Å²) < 4.78 is 26.8. The highest BCUT2D eigenvalue weighted by atomic mass is 32.2. The van der Waals surface area contributed by atoms with Crippen molar-refractivity contribution in [3.63, 3.8) is 0 Å². The highest BCUT2D eigenvalue weighted by Crippen LogP contribution is 2.48. The quantitative estimate of drug-likeness (QED) is 0.669. The van der Waals surface area contributed by atoms with Gasteiger partial charge in [0, 0.05) is 18.7 Å². The second kappa shape index (κ2) is 5.51. The lowest BCUT2D eigenvalue weighted by atomic mass is 10.0. The molecular formula is C13H18N2O4S. The van der Waals surface area contributed by atoms with Crippen LogP contribution in [0.3, 0.4) is 0 Å². The largest absolute Gasteiger partial charge is 0.396 e. The van der Waals surface area contributed by atoms with E-state index in [1.54, 1.807) is 0 Å². The molecule has 0 radical (unpaired) electrons. The predicted octanol–water partition coefficient (Wildman–Crippen LogP) is 0.226. The summed E-state index contributed by atoms with van der Waals surface area (Å²) in [6.07, 6.45) is 2.46. The molecule has 1 aromatic rings. The maximum Gasteiger partial charge on any atom is 0.248 e. The van der Waals surface area contributed by atoms with E-state index < -0.39 is 15.9 Å². The molecule has 1 fully saturated rings. The lowest BCUT2D eigenvalue weighted by molar-refractivity contribution is 0.1000. The van der Waals surface area contributed by atoms with Gasteiger partial charge < -0.3 is 10.8 Å². The van der Waals surface area contributed by atoms with Gasteiger partial charge in [-0.15, -0.1) is 0 Å². The number of benzene rings is 1. The van der Waals surface area contributed by atoms with Crippen molar-refractivity contribution in [3.05, 3.63) is 29.8 Å². The summed E-state index contributed by atoms with van der Waals surface area (Å²) in [4.78, 5) is 11.0. The number of hydrogen-bond acceptors (Lipinski definition) is 4. The second-order valence-electron chi connectivity index (χ2n) is 5.19. The third-order valence-corrected chi connectivity index (χ3v) is 5.10. The van der Waals surface area contributed by atoms with Crippen molar-refractivity contribution in [2.75, 3.05) is 13.2 Å². The molecule has 1 aliphatic rings. The number of amides is 1. The zero-order valence-electron chi connectivity index (χ0n) is 11.0. The van der Waals surface area contributed by atoms with Crippen molar-refractivity contribution >= 4 is 15.9 Å². The van der Waals surface area contributed by atoms with E-state index in [1.165, 1.54) is 24.3 Å². The van der Waals surface area contributed by atoms with Gasteiger partial charge in [0.05, 0.1) is 4.90 Å². The number of hydrogen-bond donors (Lipinski definition) is 3. The van der Waals surface area contributed by atoms with Crippen LogP contribution in [0.1, 0.15) is 29.6 Å². The summed E-state index contributed by atoms with van der Waals surface area (Å²) in [5, 5.41) is 8.95. The van der Waals surface area contributed by atoms with Crippen LogP contribution in [0.5, 0.6) is 0 Å². The number of aliphatic hydroxyl groups excluding tert-OH is 1. The fourth-order valence-corrected chi connectivity index (χ4v) is 3.22. The van der Waals surface area contributed by atoms with Gasteiger partial charge in [-0.05, 0) is 48.9 Å². The smallest absolute Gasteiger partial charge is 0.248 e. The van der Waals surface area contributed by atoms with E-state index in [-0.39, 0.29) is 22.5 Å². The highest BCUT2D eigenvalue weighted by Gasteiger charge is 2.42. The molecule has 0 aromatic heterocycles. The molecule has 20 heavy (non-hydrogen) atoms. The Balaban J connectivity index is 2.05. The molecule has 0 unspecified atom stereocenters. The Hall–Kier alpha value is -1.44. The highest BCUT2D eigenvalue weighted by molar-refractivity contribution is 7.89. The Kier molecular flexibility index (Phi) is 4.12. The summed E-state index contributed by atoms with van der Waals surface area (Å²) in [6, 6.07) is 5.48. The number of sulfonamides is 1.